The molecule has 1 N–H and O–H groups in total. The highest BCUT2D eigenvalue weighted by molar-refractivity contribution is 5.30. The molecule has 1 aromatic rings. The molecule has 0 aliphatic heterocycles. The molecule has 0 bridgehead atoms. The van der Waals surface area contributed by atoms with E-state index in [4.69, 9.17) is 9.47 Å². The Morgan fingerprint density at radius 2 is 2.06 bits per heavy atom. The zero-order valence-electron chi connectivity index (χ0n) is 11.6. The molecule has 0 aromatic heterocycles. The summed E-state index contributed by atoms with van der Waals surface area (Å²) in [7, 11) is 0. The fourth-order valence-electron chi connectivity index (χ4n) is 1.76. The van der Waals surface area contributed by atoms with Gasteiger partial charge >= 0.3 is 0 Å². The van der Waals surface area contributed by atoms with Gasteiger partial charge in [-0.1, -0.05) is 12.1 Å². The standard InChI is InChI=1S/C15H24O3/c1-4-17-10-6-9-15(16)13-7-5-8-14(11-13)18-12(2)3/h5,7-8,11-12,15-16H,4,6,9-10H2,1-3H3. The van der Waals surface area contributed by atoms with Crippen LogP contribution in [0.3, 0.4) is 0 Å². The SMILES string of the molecule is CCOCCCC(O)c1cccc(OC(C)C)c1. The molecule has 1 atom stereocenters. The van der Waals surface area contributed by atoms with Gasteiger partial charge in [0.05, 0.1) is 12.2 Å². The molecule has 3 nitrogen and oxygen atoms in total. The highest BCUT2D eigenvalue weighted by atomic mass is 16.5. The van der Waals surface area contributed by atoms with Crippen LogP contribution in [0.5, 0.6) is 5.75 Å². The van der Waals surface area contributed by atoms with Gasteiger partial charge in [-0.3, -0.25) is 0 Å². The van der Waals surface area contributed by atoms with Crippen LogP contribution in [0.25, 0.3) is 0 Å². The predicted molar refractivity (Wildman–Crippen MR) is 72.9 cm³/mol. The quantitative estimate of drug-likeness (QED) is 0.721. The smallest absolute Gasteiger partial charge is 0.120 e. The molecule has 1 aromatic carbocycles. The van der Waals surface area contributed by atoms with Crippen LogP contribution < -0.4 is 4.74 Å². The highest BCUT2D eigenvalue weighted by Gasteiger charge is 2.08. The van der Waals surface area contributed by atoms with Gasteiger partial charge in [-0.15, -0.1) is 0 Å². The van der Waals surface area contributed by atoms with Crippen molar-refractivity contribution in [1.29, 1.82) is 0 Å². The Morgan fingerprint density at radius 1 is 1.28 bits per heavy atom. The van der Waals surface area contributed by atoms with Crippen LogP contribution in [-0.4, -0.2) is 24.4 Å². The molecule has 0 aliphatic carbocycles. The molecule has 1 unspecified atom stereocenters. The Kier molecular flexibility index (Phi) is 6.76. The first-order valence-corrected chi connectivity index (χ1v) is 6.66. The van der Waals surface area contributed by atoms with Gasteiger partial charge in [0.1, 0.15) is 5.75 Å². The maximum atomic E-state index is 10.1. The lowest BCUT2D eigenvalue weighted by Gasteiger charge is -2.14. The molecular weight excluding hydrogens is 228 g/mol. The minimum absolute atomic E-state index is 0.148. The normalized spacial score (nSPS) is 12.7. The Balaban J connectivity index is 2.48. The number of hydrogen-bond acceptors (Lipinski definition) is 3. The van der Waals surface area contributed by atoms with Gasteiger partial charge in [0.25, 0.3) is 0 Å². The third-order valence-electron chi connectivity index (χ3n) is 2.59. The van der Waals surface area contributed by atoms with Gasteiger partial charge in [-0.2, -0.15) is 0 Å². The largest absolute Gasteiger partial charge is 0.491 e. The minimum Gasteiger partial charge on any atom is -0.491 e. The van der Waals surface area contributed by atoms with E-state index in [1.54, 1.807) is 0 Å². The molecule has 0 spiro atoms. The molecule has 0 heterocycles. The molecule has 3 heteroatoms. The number of rotatable bonds is 8. The van der Waals surface area contributed by atoms with E-state index in [1.807, 2.05) is 45.0 Å². The summed E-state index contributed by atoms with van der Waals surface area (Å²) in [6.07, 6.45) is 1.28. The fourth-order valence-corrected chi connectivity index (χ4v) is 1.76. The average Bonchev–Trinajstić information content (AvgIpc) is 2.34. The van der Waals surface area contributed by atoms with Gasteiger partial charge in [0.15, 0.2) is 0 Å². The lowest BCUT2D eigenvalue weighted by atomic mass is 10.0. The first kappa shape index (κ1) is 15.0. The van der Waals surface area contributed by atoms with E-state index in [2.05, 4.69) is 0 Å². The molecule has 1 rings (SSSR count). The van der Waals surface area contributed by atoms with Crippen LogP contribution in [0.15, 0.2) is 24.3 Å². The summed E-state index contributed by atoms with van der Waals surface area (Å²) in [6, 6.07) is 7.67. The van der Waals surface area contributed by atoms with Crippen LogP contribution in [0, 0.1) is 0 Å². The number of hydrogen-bond donors (Lipinski definition) is 1. The lowest BCUT2D eigenvalue weighted by molar-refractivity contribution is 0.114. The van der Waals surface area contributed by atoms with Crippen LogP contribution in [-0.2, 0) is 4.74 Å². The van der Waals surface area contributed by atoms with Gasteiger partial charge in [-0.25, -0.2) is 0 Å². The second-order valence-corrected chi connectivity index (χ2v) is 4.59. The minimum atomic E-state index is -0.443. The first-order valence-electron chi connectivity index (χ1n) is 6.66. The van der Waals surface area contributed by atoms with Crippen molar-refractivity contribution in [3.63, 3.8) is 0 Å². The zero-order chi connectivity index (χ0) is 13.4. The molecule has 102 valence electrons. The number of ether oxygens (including phenoxy) is 2. The van der Waals surface area contributed by atoms with Crippen LogP contribution in [0.1, 0.15) is 45.3 Å². The molecule has 0 aliphatic rings. The topological polar surface area (TPSA) is 38.7 Å². The van der Waals surface area contributed by atoms with Gasteiger partial charge < -0.3 is 14.6 Å². The van der Waals surface area contributed by atoms with E-state index in [9.17, 15) is 5.11 Å². The van der Waals surface area contributed by atoms with E-state index in [-0.39, 0.29) is 6.10 Å². The second-order valence-electron chi connectivity index (χ2n) is 4.59. The van der Waals surface area contributed by atoms with E-state index >= 15 is 0 Å². The monoisotopic (exact) mass is 252 g/mol. The first-order chi connectivity index (χ1) is 8.63. The van der Waals surface area contributed by atoms with E-state index < -0.39 is 6.10 Å². The Hall–Kier alpha value is -1.06. The third-order valence-corrected chi connectivity index (χ3v) is 2.59. The number of aliphatic hydroxyl groups is 1. The number of aliphatic hydroxyl groups excluding tert-OH is 1. The van der Waals surface area contributed by atoms with Crippen molar-refractivity contribution >= 4 is 0 Å². The maximum absolute atomic E-state index is 10.1. The Morgan fingerprint density at radius 3 is 2.72 bits per heavy atom. The summed E-state index contributed by atoms with van der Waals surface area (Å²) in [4.78, 5) is 0. The van der Waals surface area contributed by atoms with Crippen LogP contribution >= 0.6 is 0 Å². The fraction of sp³-hybridized carbons (Fsp3) is 0.600. The van der Waals surface area contributed by atoms with E-state index in [0.717, 1.165) is 24.3 Å². The Labute approximate surface area is 110 Å². The molecule has 0 saturated heterocycles. The van der Waals surface area contributed by atoms with Gasteiger partial charge in [0, 0.05) is 13.2 Å². The Bertz CT molecular complexity index is 336. The summed E-state index contributed by atoms with van der Waals surface area (Å²) in [6.45, 7) is 7.39. The van der Waals surface area contributed by atoms with Crippen molar-refractivity contribution in [2.45, 2.75) is 45.8 Å². The van der Waals surface area contributed by atoms with Crippen molar-refractivity contribution in [1.82, 2.24) is 0 Å². The zero-order valence-corrected chi connectivity index (χ0v) is 11.6. The number of benzene rings is 1. The summed E-state index contributed by atoms with van der Waals surface area (Å²) in [5, 5.41) is 10.1. The molecule has 0 amide bonds. The van der Waals surface area contributed by atoms with Crippen molar-refractivity contribution in [2.24, 2.45) is 0 Å². The van der Waals surface area contributed by atoms with Crippen molar-refractivity contribution in [2.75, 3.05) is 13.2 Å². The van der Waals surface area contributed by atoms with E-state index in [1.165, 1.54) is 0 Å². The molecule has 0 fully saturated rings. The van der Waals surface area contributed by atoms with Crippen molar-refractivity contribution < 1.29 is 14.6 Å². The van der Waals surface area contributed by atoms with Crippen molar-refractivity contribution in [3.05, 3.63) is 29.8 Å². The molecular formula is C15H24O3. The molecule has 0 saturated carbocycles. The predicted octanol–water partition coefficient (Wildman–Crippen LogP) is 3.32. The lowest BCUT2D eigenvalue weighted by Crippen LogP contribution is -2.06. The maximum Gasteiger partial charge on any atom is 0.120 e. The van der Waals surface area contributed by atoms with Crippen LogP contribution in [0.4, 0.5) is 0 Å². The van der Waals surface area contributed by atoms with Crippen LogP contribution in [0.2, 0.25) is 0 Å². The third kappa shape index (κ3) is 5.52. The van der Waals surface area contributed by atoms with Gasteiger partial charge in [0.2, 0.25) is 0 Å². The molecule has 0 radical (unpaired) electrons. The van der Waals surface area contributed by atoms with E-state index in [0.29, 0.717) is 13.0 Å². The second kappa shape index (κ2) is 8.11. The average molecular weight is 252 g/mol. The van der Waals surface area contributed by atoms with Crippen molar-refractivity contribution in [3.8, 4) is 5.75 Å². The summed E-state index contributed by atoms with van der Waals surface area (Å²) < 4.78 is 10.9. The van der Waals surface area contributed by atoms with Gasteiger partial charge in [-0.05, 0) is 51.3 Å². The molecule has 18 heavy (non-hydrogen) atoms. The summed E-state index contributed by atoms with van der Waals surface area (Å²) >= 11 is 0. The summed E-state index contributed by atoms with van der Waals surface area (Å²) in [5.41, 5.74) is 0.907. The highest BCUT2D eigenvalue weighted by Crippen LogP contribution is 2.23. The summed E-state index contributed by atoms with van der Waals surface area (Å²) in [5.74, 6) is 0.811.